The van der Waals surface area contributed by atoms with E-state index in [2.05, 4.69) is 24.3 Å². The summed E-state index contributed by atoms with van der Waals surface area (Å²) in [6.45, 7) is 0.856. The SMILES string of the molecule is NCCC1CCc2ccccc2C12CC2. The second-order valence-electron chi connectivity index (χ2n) is 5.13. The Balaban J connectivity index is 1.98. The molecular formula is C14H19N. The molecule has 2 aliphatic rings. The summed E-state index contributed by atoms with van der Waals surface area (Å²) in [5, 5.41) is 0. The Labute approximate surface area is 91.7 Å². The van der Waals surface area contributed by atoms with Gasteiger partial charge in [-0.1, -0.05) is 24.3 Å². The van der Waals surface area contributed by atoms with Crippen molar-refractivity contribution in [3.05, 3.63) is 35.4 Å². The lowest BCUT2D eigenvalue weighted by Gasteiger charge is -2.34. The van der Waals surface area contributed by atoms with Gasteiger partial charge in [0.25, 0.3) is 0 Å². The molecule has 1 heteroatoms. The first-order valence-corrected chi connectivity index (χ1v) is 6.15. The summed E-state index contributed by atoms with van der Waals surface area (Å²) in [6.07, 6.45) is 6.63. The molecule has 2 N–H and O–H groups in total. The van der Waals surface area contributed by atoms with Crippen molar-refractivity contribution >= 4 is 0 Å². The highest BCUT2D eigenvalue weighted by molar-refractivity contribution is 5.41. The predicted octanol–water partition coefficient (Wildman–Crippen LogP) is 2.63. The van der Waals surface area contributed by atoms with E-state index in [1.54, 1.807) is 11.1 Å². The van der Waals surface area contributed by atoms with Crippen LogP contribution in [0.25, 0.3) is 0 Å². The summed E-state index contributed by atoms with van der Waals surface area (Å²) in [5.74, 6) is 0.859. The van der Waals surface area contributed by atoms with Gasteiger partial charge in [-0.15, -0.1) is 0 Å². The summed E-state index contributed by atoms with van der Waals surface area (Å²) < 4.78 is 0. The molecule has 0 heterocycles. The standard InChI is InChI=1S/C14H19N/c15-10-7-12-6-5-11-3-1-2-4-13(11)14(12)8-9-14/h1-4,12H,5-10,15H2. The smallest absolute Gasteiger partial charge is 0.00148 e. The minimum atomic E-state index is 0.550. The van der Waals surface area contributed by atoms with E-state index in [1.807, 2.05) is 0 Å². The molecule has 2 aliphatic carbocycles. The molecule has 1 nitrogen and oxygen atoms in total. The first-order valence-electron chi connectivity index (χ1n) is 6.15. The number of hydrogen-bond donors (Lipinski definition) is 1. The molecule has 0 aromatic heterocycles. The van der Waals surface area contributed by atoms with Crippen molar-refractivity contribution in [2.24, 2.45) is 11.7 Å². The molecule has 80 valence electrons. The Morgan fingerprint density at radius 3 is 2.80 bits per heavy atom. The fourth-order valence-electron chi connectivity index (χ4n) is 3.48. The van der Waals surface area contributed by atoms with Gasteiger partial charge in [0.2, 0.25) is 0 Å². The van der Waals surface area contributed by atoms with Crippen molar-refractivity contribution in [2.75, 3.05) is 6.54 Å². The van der Waals surface area contributed by atoms with Crippen LogP contribution in [-0.4, -0.2) is 6.54 Å². The van der Waals surface area contributed by atoms with Crippen LogP contribution in [0.15, 0.2) is 24.3 Å². The summed E-state index contributed by atoms with van der Waals surface area (Å²) in [6, 6.07) is 9.04. The minimum Gasteiger partial charge on any atom is -0.330 e. The van der Waals surface area contributed by atoms with Crippen LogP contribution in [0.2, 0.25) is 0 Å². The van der Waals surface area contributed by atoms with Gasteiger partial charge < -0.3 is 5.73 Å². The highest BCUT2D eigenvalue weighted by Crippen LogP contribution is 2.59. The molecule has 0 saturated heterocycles. The average molecular weight is 201 g/mol. The second kappa shape index (κ2) is 3.34. The summed E-state index contributed by atoms with van der Waals surface area (Å²) in [5.41, 5.74) is 9.53. The maximum Gasteiger partial charge on any atom is -0.00148 e. The third kappa shape index (κ3) is 1.33. The average Bonchev–Trinajstić information content (AvgIpc) is 3.05. The van der Waals surface area contributed by atoms with Crippen molar-refractivity contribution in [3.63, 3.8) is 0 Å². The van der Waals surface area contributed by atoms with Crippen LogP contribution in [-0.2, 0) is 11.8 Å². The number of rotatable bonds is 2. The van der Waals surface area contributed by atoms with Gasteiger partial charge in [-0.3, -0.25) is 0 Å². The van der Waals surface area contributed by atoms with Crippen LogP contribution in [0.4, 0.5) is 0 Å². The first-order chi connectivity index (χ1) is 7.37. The van der Waals surface area contributed by atoms with Gasteiger partial charge in [0.05, 0.1) is 0 Å². The van der Waals surface area contributed by atoms with Gasteiger partial charge in [0.1, 0.15) is 0 Å². The van der Waals surface area contributed by atoms with Gasteiger partial charge in [-0.2, -0.15) is 0 Å². The zero-order valence-corrected chi connectivity index (χ0v) is 9.21. The molecule has 1 fully saturated rings. The highest BCUT2D eigenvalue weighted by Gasteiger charge is 2.52. The van der Waals surface area contributed by atoms with Crippen LogP contribution in [0, 0.1) is 5.92 Å². The number of benzene rings is 1. The first kappa shape index (κ1) is 9.41. The van der Waals surface area contributed by atoms with E-state index in [0.29, 0.717) is 5.41 Å². The van der Waals surface area contributed by atoms with Gasteiger partial charge in [0, 0.05) is 0 Å². The molecule has 1 saturated carbocycles. The Morgan fingerprint density at radius 2 is 2.07 bits per heavy atom. The molecule has 15 heavy (non-hydrogen) atoms. The van der Waals surface area contributed by atoms with Crippen molar-refractivity contribution < 1.29 is 0 Å². The largest absolute Gasteiger partial charge is 0.330 e. The Morgan fingerprint density at radius 1 is 1.27 bits per heavy atom. The number of hydrogen-bond acceptors (Lipinski definition) is 1. The van der Waals surface area contributed by atoms with Gasteiger partial charge in [-0.05, 0) is 61.1 Å². The van der Waals surface area contributed by atoms with E-state index in [0.717, 1.165) is 12.5 Å². The summed E-state index contributed by atoms with van der Waals surface area (Å²) in [4.78, 5) is 0. The minimum absolute atomic E-state index is 0.550. The van der Waals surface area contributed by atoms with Gasteiger partial charge in [-0.25, -0.2) is 0 Å². The van der Waals surface area contributed by atoms with Crippen LogP contribution in [0.3, 0.4) is 0 Å². The molecule has 0 bridgehead atoms. The fourth-order valence-corrected chi connectivity index (χ4v) is 3.48. The predicted molar refractivity (Wildman–Crippen MR) is 62.8 cm³/mol. The fraction of sp³-hybridized carbons (Fsp3) is 0.571. The van der Waals surface area contributed by atoms with E-state index in [1.165, 1.54) is 32.1 Å². The topological polar surface area (TPSA) is 26.0 Å². The van der Waals surface area contributed by atoms with Crippen LogP contribution in [0.1, 0.15) is 36.8 Å². The zero-order chi connectivity index (χ0) is 10.3. The summed E-state index contributed by atoms with van der Waals surface area (Å²) in [7, 11) is 0. The lowest BCUT2D eigenvalue weighted by molar-refractivity contribution is 0.335. The highest BCUT2D eigenvalue weighted by atomic mass is 14.6. The van der Waals surface area contributed by atoms with E-state index in [9.17, 15) is 0 Å². The molecule has 3 rings (SSSR count). The number of nitrogens with two attached hydrogens (primary N) is 1. The monoisotopic (exact) mass is 201 g/mol. The molecule has 1 aromatic carbocycles. The van der Waals surface area contributed by atoms with Crippen LogP contribution in [0.5, 0.6) is 0 Å². The number of fused-ring (bicyclic) bond motifs is 2. The Hall–Kier alpha value is -0.820. The maximum atomic E-state index is 5.73. The maximum absolute atomic E-state index is 5.73. The van der Waals surface area contributed by atoms with E-state index in [4.69, 9.17) is 5.73 Å². The molecular weight excluding hydrogens is 182 g/mol. The normalized spacial score (nSPS) is 26.3. The zero-order valence-electron chi connectivity index (χ0n) is 9.21. The van der Waals surface area contributed by atoms with Crippen molar-refractivity contribution in [1.82, 2.24) is 0 Å². The second-order valence-corrected chi connectivity index (χ2v) is 5.13. The third-order valence-electron chi connectivity index (χ3n) is 4.40. The van der Waals surface area contributed by atoms with Crippen LogP contribution < -0.4 is 5.73 Å². The quantitative estimate of drug-likeness (QED) is 0.782. The van der Waals surface area contributed by atoms with Crippen molar-refractivity contribution in [2.45, 2.75) is 37.5 Å². The molecule has 1 aromatic rings. The molecule has 0 aliphatic heterocycles. The van der Waals surface area contributed by atoms with Gasteiger partial charge >= 0.3 is 0 Å². The van der Waals surface area contributed by atoms with E-state index in [-0.39, 0.29) is 0 Å². The number of aryl methyl sites for hydroxylation is 1. The Bertz CT molecular complexity index is 365. The third-order valence-corrected chi connectivity index (χ3v) is 4.40. The lowest BCUT2D eigenvalue weighted by Crippen LogP contribution is -2.29. The van der Waals surface area contributed by atoms with E-state index >= 15 is 0 Å². The van der Waals surface area contributed by atoms with Crippen molar-refractivity contribution in [1.29, 1.82) is 0 Å². The molecule has 0 radical (unpaired) electrons. The van der Waals surface area contributed by atoms with Crippen LogP contribution >= 0.6 is 0 Å². The summed E-state index contributed by atoms with van der Waals surface area (Å²) >= 11 is 0. The van der Waals surface area contributed by atoms with E-state index < -0.39 is 0 Å². The Kier molecular flexibility index (Phi) is 2.10. The lowest BCUT2D eigenvalue weighted by atomic mass is 9.71. The molecule has 1 unspecified atom stereocenters. The van der Waals surface area contributed by atoms with Gasteiger partial charge in [0.15, 0.2) is 0 Å². The molecule has 1 spiro atoms. The molecule has 1 atom stereocenters. The van der Waals surface area contributed by atoms with Crippen molar-refractivity contribution in [3.8, 4) is 0 Å². The molecule has 0 amide bonds.